The van der Waals surface area contributed by atoms with Crippen LogP contribution in [0, 0.1) is 11.8 Å². The van der Waals surface area contributed by atoms with E-state index >= 15 is 0 Å². The molecule has 0 aliphatic carbocycles. The van der Waals surface area contributed by atoms with E-state index in [0.717, 1.165) is 38.0 Å². The Labute approximate surface area is 117 Å². The molecule has 0 atom stereocenters. The summed E-state index contributed by atoms with van der Waals surface area (Å²) >= 11 is 0. The Balaban J connectivity index is 2.02. The van der Waals surface area contributed by atoms with Gasteiger partial charge in [-0.2, -0.15) is 0 Å². The molecule has 3 nitrogen and oxygen atoms in total. The highest BCUT2D eigenvalue weighted by Crippen LogP contribution is 2.28. The fraction of sp³-hybridized carbons (Fsp3) is 0.688. The number of rotatable bonds is 5. The Morgan fingerprint density at radius 3 is 2.74 bits per heavy atom. The molecule has 1 fully saturated rings. The zero-order valence-corrected chi connectivity index (χ0v) is 12.5. The summed E-state index contributed by atoms with van der Waals surface area (Å²) in [5.74, 6) is 2.88. The molecule has 1 N–H and O–H groups in total. The highest BCUT2D eigenvalue weighted by Gasteiger charge is 2.23. The lowest BCUT2D eigenvalue weighted by Crippen LogP contribution is -2.36. The lowest BCUT2D eigenvalue weighted by molar-refractivity contribution is 0.310. The van der Waals surface area contributed by atoms with Gasteiger partial charge in [-0.15, -0.1) is 0 Å². The van der Waals surface area contributed by atoms with E-state index in [1.54, 1.807) is 0 Å². The topological polar surface area (TPSA) is 28.2 Å². The normalized spacial score (nSPS) is 17.2. The molecule has 1 aromatic rings. The van der Waals surface area contributed by atoms with Crippen LogP contribution in [-0.2, 0) is 6.54 Å². The van der Waals surface area contributed by atoms with Gasteiger partial charge in [0.1, 0.15) is 5.82 Å². The van der Waals surface area contributed by atoms with Crippen molar-refractivity contribution in [1.82, 2.24) is 10.3 Å². The van der Waals surface area contributed by atoms with Crippen molar-refractivity contribution < 1.29 is 0 Å². The van der Waals surface area contributed by atoms with Gasteiger partial charge in [0.15, 0.2) is 0 Å². The van der Waals surface area contributed by atoms with Crippen LogP contribution in [0.1, 0.15) is 39.2 Å². The van der Waals surface area contributed by atoms with Crippen molar-refractivity contribution in [2.75, 3.05) is 24.5 Å². The number of piperidine rings is 1. The van der Waals surface area contributed by atoms with Gasteiger partial charge in [0.25, 0.3) is 0 Å². The molecule has 0 unspecified atom stereocenters. The third-order valence-corrected chi connectivity index (χ3v) is 4.21. The minimum absolute atomic E-state index is 0.812. The predicted octanol–water partition coefficient (Wildman–Crippen LogP) is 3.06. The van der Waals surface area contributed by atoms with Gasteiger partial charge in [0, 0.05) is 31.4 Å². The van der Waals surface area contributed by atoms with Crippen molar-refractivity contribution >= 4 is 5.82 Å². The van der Waals surface area contributed by atoms with Crippen LogP contribution in [0.15, 0.2) is 18.3 Å². The van der Waals surface area contributed by atoms with Gasteiger partial charge in [-0.1, -0.05) is 26.8 Å². The average Bonchev–Trinajstić information content (AvgIpc) is 2.45. The lowest BCUT2D eigenvalue weighted by Gasteiger charge is -2.35. The Morgan fingerprint density at radius 1 is 1.37 bits per heavy atom. The molecule has 0 bridgehead atoms. The first kappa shape index (κ1) is 14.3. The standard InChI is InChI=1S/C16H27N3/c1-4-17-12-15-6-5-9-18-16(15)19-10-7-14(8-11-19)13(2)3/h5-6,9,13-14,17H,4,7-8,10-12H2,1-3H3. The lowest BCUT2D eigenvalue weighted by atomic mass is 9.86. The SMILES string of the molecule is CCNCc1cccnc1N1CCC(C(C)C)CC1. The van der Waals surface area contributed by atoms with Crippen molar-refractivity contribution in [2.24, 2.45) is 11.8 Å². The minimum Gasteiger partial charge on any atom is -0.356 e. The summed E-state index contributed by atoms with van der Waals surface area (Å²) in [6.07, 6.45) is 4.52. The van der Waals surface area contributed by atoms with Gasteiger partial charge in [0.05, 0.1) is 0 Å². The van der Waals surface area contributed by atoms with Crippen LogP contribution in [0.4, 0.5) is 5.82 Å². The number of nitrogens with zero attached hydrogens (tertiary/aromatic N) is 2. The largest absolute Gasteiger partial charge is 0.356 e. The van der Waals surface area contributed by atoms with Crippen LogP contribution < -0.4 is 10.2 Å². The molecule has 1 aromatic heterocycles. The van der Waals surface area contributed by atoms with Gasteiger partial charge in [0.2, 0.25) is 0 Å². The van der Waals surface area contributed by atoms with E-state index in [1.807, 2.05) is 12.3 Å². The summed E-state index contributed by atoms with van der Waals surface area (Å²) in [5.41, 5.74) is 1.33. The van der Waals surface area contributed by atoms with Crippen LogP contribution in [0.25, 0.3) is 0 Å². The maximum Gasteiger partial charge on any atom is 0.133 e. The van der Waals surface area contributed by atoms with Gasteiger partial charge in [-0.3, -0.25) is 0 Å². The second kappa shape index (κ2) is 6.90. The zero-order chi connectivity index (χ0) is 13.7. The van der Waals surface area contributed by atoms with Crippen LogP contribution >= 0.6 is 0 Å². The molecule has 2 heterocycles. The number of pyridine rings is 1. The van der Waals surface area contributed by atoms with E-state index in [9.17, 15) is 0 Å². The molecule has 1 saturated heterocycles. The van der Waals surface area contributed by atoms with E-state index in [0.29, 0.717) is 0 Å². The summed E-state index contributed by atoms with van der Waals surface area (Å²) in [6, 6.07) is 4.23. The molecule has 1 aliphatic heterocycles. The van der Waals surface area contributed by atoms with Gasteiger partial charge in [-0.25, -0.2) is 4.98 Å². The van der Waals surface area contributed by atoms with Crippen molar-refractivity contribution in [3.05, 3.63) is 23.9 Å². The maximum absolute atomic E-state index is 4.61. The summed E-state index contributed by atoms with van der Waals surface area (Å²) in [5, 5.41) is 3.40. The van der Waals surface area contributed by atoms with Crippen LogP contribution in [-0.4, -0.2) is 24.6 Å². The molecular weight excluding hydrogens is 234 g/mol. The molecular formula is C16H27N3. The van der Waals surface area contributed by atoms with Crippen molar-refractivity contribution in [1.29, 1.82) is 0 Å². The number of anilines is 1. The Bertz CT molecular complexity index is 381. The van der Waals surface area contributed by atoms with E-state index in [1.165, 1.54) is 24.2 Å². The molecule has 1 aliphatic rings. The molecule has 0 amide bonds. The Morgan fingerprint density at radius 2 is 2.11 bits per heavy atom. The van der Waals surface area contributed by atoms with E-state index < -0.39 is 0 Å². The molecule has 106 valence electrons. The molecule has 0 saturated carbocycles. The predicted molar refractivity (Wildman–Crippen MR) is 81.4 cm³/mol. The Kier molecular flexibility index (Phi) is 5.20. The number of hydrogen-bond acceptors (Lipinski definition) is 3. The van der Waals surface area contributed by atoms with E-state index in [-0.39, 0.29) is 0 Å². The van der Waals surface area contributed by atoms with E-state index in [2.05, 4.69) is 42.0 Å². The maximum atomic E-state index is 4.61. The smallest absolute Gasteiger partial charge is 0.133 e. The van der Waals surface area contributed by atoms with Gasteiger partial charge >= 0.3 is 0 Å². The van der Waals surface area contributed by atoms with Gasteiger partial charge < -0.3 is 10.2 Å². The molecule has 0 aromatic carbocycles. The molecule has 3 heteroatoms. The van der Waals surface area contributed by atoms with Crippen LogP contribution in [0.2, 0.25) is 0 Å². The molecule has 0 radical (unpaired) electrons. The highest BCUT2D eigenvalue weighted by atomic mass is 15.2. The van der Waals surface area contributed by atoms with Crippen molar-refractivity contribution in [3.63, 3.8) is 0 Å². The number of nitrogens with one attached hydrogen (secondary N) is 1. The minimum atomic E-state index is 0.812. The van der Waals surface area contributed by atoms with Gasteiger partial charge in [-0.05, 0) is 37.3 Å². The summed E-state index contributed by atoms with van der Waals surface area (Å²) in [7, 11) is 0. The summed E-state index contributed by atoms with van der Waals surface area (Å²) in [6.45, 7) is 11.1. The summed E-state index contributed by atoms with van der Waals surface area (Å²) < 4.78 is 0. The third-order valence-electron chi connectivity index (χ3n) is 4.21. The van der Waals surface area contributed by atoms with E-state index in [4.69, 9.17) is 0 Å². The van der Waals surface area contributed by atoms with Crippen LogP contribution in [0.5, 0.6) is 0 Å². The number of hydrogen-bond donors (Lipinski definition) is 1. The van der Waals surface area contributed by atoms with Crippen molar-refractivity contribution in [3.8, 4) is 0 Å². The second-order valence-corrected chi connectivity index (χ2v) is 5.83. The summed E-state index contributed by atoms with van der Waals surface area (Å²) in [4.78, 5) is 7.07. The third kappa shape index (κ3) is 3.69. The first-order chi connectivity index (χ1) is 9.22. The zero-order valence-electron chi connectivity index (χ0n) is 12.5. The quantitative estimate of drug-likeness (QED) is 0.883. The fourth-order valence-electron chi connectivity index (χ4n) is 2.89. The van der Waals surface area contributed by atoms with Crippen LogP contribution in [0.3, 0.4) is 0 Å². The van der Waals surface area contributed by atoms with Crippen molar-refractivity contribution in [2.45, 2.75) is 40.2 Å². The monoisotopic (exact) mass is 261 g/mol. The molecule has 2 rings (SSSR count). The average molecular weight is 261 g/mol. The first-order valence-corrected chi connectivity index (χ1v) is 7.62. The first-order valence-electron chi connectivity index (χ1n) is 7.62. The second-order valence-electron chi connectivity index (χ2n) is 5.83. The number of aromatic nitrogens is 1. The fourth-order valence-corrected chi connectivity index (χ4v) is 2.89. The Hall–Kier alpha value is -1.09. The highest BCUT2D eigenvalue weighted by molar-refractivity contribution is 5.47. The molecule has 0 spiro atoms. The molecule has 19 heavy (non-hydrogen) atoms.